The van der Waals surface area contributed by atoms with Gasteiger partial charge in [0.05, 0.1) is 5.69 Å². The van der Waals surface area contributed by atoms with Gasteiger partial charge in [0.25, 0.3) is 0 Å². The zero-order valence-corrected chi connectivity index (χ0v) is 19.8. The lowest BCUT2D eigenvalue weighted by molar-refractivity contribution is 0.617. The summed E-state index contributed by atoms with van der Waals surface area (Å²) in [6, 6.07) is 15.8. The minimum absolute atomic E-state index is 0.214. The van der Waals surface area contributed by atoms with Crippen LogP contribution in [0.1, 0.15) is 55.5 Å². The van der Waals surface area contributed by atoms with Crippen LogP contribution in [0.25, 0.3) is 44.0 Å². The highest BCUT2D eigenvalue weighted by Gasteiger charge is 2.36. The molecule has 0 saturated heterocycles. The molecule has 0 aliphatic heterocycles. The first-order valence-corrected chi connectivity index (χ1v) is 11.7. The second-order valence-electron chi connectivity index (χ2n) is 10.5. The van der Waals surface area contributed by atoms with Crippen LogP contribution in [-0.4, -0.2) is 4.98 Å². The van der Waals surface area contributed by atoms with Crippen molar-refractivity contribution < 1.29 is 4.42 Å². The number of fused-ring (bicyclic) bond motifs is 4. The van der Waals surface area contributed by atoms with Crippen molar-refractivity contribution in [1.29, 1.82) is 0 Å². The van der Waals surface area contributed by atoms with Crippen LogP contribution in [0.4, 0.5) is 0 Å². The number of pyridine rings is 1. The monoisotopic (exact) mass is 419 g/mol. The summed E-state index contributed by atoms with van der Waals surface area (Å²) in [5.41, 5.74) is 10.5. The van der Waals surface area contributed by atoms with E-state index in [2.05, 4.69) is 84.0 Å². The van der Waals surface area contributed by atoms with Crippen molar-refractivity contribution in [2.45, 2.75) is 53.4 Å². The third kappa shape index (κ3) is 2.50. The number of rotatable bonds is 2. The van der Waals surface area contributed by atoms with Gasteiger partial charge in [-0.3, -0.25) is 4.98 Å². The Hall–Kier alpha value is -3.13. The molecule has 1 aliphatic rings. The highest BCUT2D eigenvalue weighted by Crippen LogP contribution is 2.52. The van der Waals surface area contributed by atoms with Crippen molar-refractivity contribution in [3.8, 4) is 11.3 Å². The normalized spacial score (nSPS) is 14.6. The summed E-state index contributed by atoms with van der Waals surface area (Å²) in [7, 11) is 0. The summed E-state index contributed by atoms with van der Waals surface area (Å²) < 4.78 is 6.66. The summed E-state index contributed by atoms with van der Waals surface area (Å²) in [6.45, 7) is 13.6. The van der Waals surface area contributed by atoms with Crippen molar-refractivity contribution in [3.05, 3.63) is 76.5 Å². The number of furan rings is 1. The van der Waals surface area contributed by atoms with E-state index in [-0.39, 0.29) is 5.41 Å². The average molecular weight is 420 g/mol. The molecular formula is C30H29NO. The summed E-state index contributed by atoms with van der Waals surface area (Å²) in [4.78, 5) is 5.07. The second kappa shape index (κ2) is 6.45. The number of hydrogen-bond acceptors (Lipinski definition) is 2. The van der Waals surface area contributed by atoms with Crippen LogP contribution in [-0.2, 0) is 11.8 Å². The zero-order valence-electron chi connectivity index (χ0n) is 19.8. The van der Waals surface area contributed by atoms with E-state index >= 15 is 0 Å². The fourth-order valence-electron chi connectivity index (χ4n) is 5.77. The van der Waals surface area contributed by atoms with Gasteiger partial charge in [-0.2, -0.15) is 0 Å². The average Bonchev–Trinajstić information content (AvgIpc) is 3.11. The quantitative estimate of drug-likeness (QED) is 0.288. The third-order valence-electron chi connectivity index (χ3n) is 7.28. The van der Waals surface area contributed by atoms with E-state index in [4.69, 9.17) is 9.40 Å². The van der Waals surface area contributed by atoms with Gasteiger partial charge in [0.2, 0.25) is 0 Å². The van der Waals surface area contributed by atoms with Crippen molar-refractivity contribution >= 4 is 32.7 Å². The van der Waals surface area contributed by atoms with E-state index in [1.165, 1.54) is 54.9 Å². The predicted octanol–water partition coefficient (Wildman–Crippen LogP) is 8.26. The zero-order chi connectivity index (χ0) is 22.4. The second-order valence-corrected chi connectivity index (χ2v) is 10.5. The maximum Gasteiger partial charge on any atom is 0.139 e. The maximum atomic E-state index is 6.66. The lowest BCUT2D eigenvalue weighted by Crippen LogP contribution is -2.21. The van der Waals surface area contributed by atoms with Crippen LogP contribution in [0.3, 0.4) is 0 Å². The largest absolute Gasteiger partial charge is 0.455 e. The molecule has 0 atom stereocenters. The summed E-state index contributed by atoms with van der Waals surface area (Å²) >= 11 is 0. The minimum atomic E-state index is -0.214. The van der Waals surface area contributed by atoms with Crippen molar-refractivity contribution in [2.75, 3.05) is 0 Å². The first kappa shape index (κ1) is 19.5. The topological polar surface area (TPSA) is 26.0 Å². The third-order valence-corrected chi connectivity index (χ3v) is 7.28. The molecule has 5 aromatic rings. The molecule has 160 valence electrons. The van der Waals surface area contributed by atoms with Crippen molar-refractivity contribution in [1.82, 2.24) is 4.98 Å². The molecule has 3 aromatic carbocycles. The number of aromatic nitrogens is 1. The molecule has 6 rings (SSSR count). The van der Waals surface area contributed by atoms with Gasteiger partial charge in [0, 0.05) is 33.3 Å². The number of benzene rings is 3. The Morgan fingerprint density at radius 1 is 0.938 bits per heavy atom. The highest BCUT2D eigenvalue weighted by molar-refractivity contribution is 6.17. The van der Waals surface area contributed by atoms with Crippen LogP contribution < -0.4 is 0 Å². The first-order valence-electron chi connectivity index (χ1n) is 11.7. The van der Waals surface area contributed by atoms with E-state index in [1.807, 2.05) is 6.20 Å². The fraction of sp³-hybridized carbons (Fsp3) is 0.300. The van der Waals surface area contributed by atoms with E-state index in [9.17, 15) is 0 Å². The molecule has 2 heteroatoms. The molecule has 0 amide bonds. The smallest absolute Gasteiger partial charge is 0.139 e. The fourth-order valence-corrected chi connectivity index (χ4v) is 5.77. The lowest BCUT2D eigenvalue weighted by atomic mass is 9.74. The Balaban J connectivity index is 1.86. The molecule has 0 fully saturated rings. The molecule has 0 bridgehead atoms. The van der Waals surface area contributed by atoms with Gasteiger partial charge in [0.1, 0.15) is 11.2 Å². The molecule has 32 heavy (non-hydrogen) atoms. The van der Waals surface area contributed by atoms with E-state index in [0.29, 0.717) is 5.92 Å². The highest BCUT2D eigenvalue weighted by atomic mass is 16.3. The van der Waals surface area contributed by atoms with Gasteiger partial charge in [-0.1, -0.05) is 75.7 Å². The summed E-state index contributed by atoms with van der Waals surface area (Å²) in [6.07, 6.45) is 3.05. The van der Waals surface area contributed by atoms with Gasteiger partial charge in [-0.05, 0) is 53.8 Å². The van der Waals surface area contributed by atoms with Crippen LogP contribution >= 0.6 is 0 Å². The van der Waals surface area contributed by atoms with Crippen LogP contribution in [0.15, 0.2) is 53.1 Å². The Bertz CT molecular complexity index is 1570. The Kier molecular flexibility index (Phi) is 3.94. The molecule has 1 aliphatic carbocycles. The molecule has 0 spiro atoms. The van der Waals surface area contributed by atoms with Crippen LogP contribution in [0.5, 0.6) is 0 Å². The molecule has 2 aromatic heterocycles. The Morgan fingerprint density at radius 2 is 1.75 bits per heavy atom. The summed E-state index contributed by atoms with van der Waals surface area (Å²) in [5.74, 6) is 0.571. The molecule has 0 saturated carbocycles. The van der Waals surface area contributed by atoms with Gasteiger partial charge in [0.15, 0.2) is 0 Å². The maximum absolute atomic E-state index is 6.66. The number of nitrogens with zero attached hydrogens (tertiary/aromatic N) is 1. The van der Waals surface area contributed by atoms with E-state index in [1.54, 1.807) is 0 Å². The Labute approximate surface area is 189 Å². The SMILES string of the molecule is Cc1ccc2cnc3c(c2c1)C(C)(C)c1ccc(CC(C)C)c2oc4c(C)ccc-3c4c12. The van der Waals surface area contributed by atoms with Crippen molar-refractivity contribution in [2.24, 2.45) is 5.92 Å². The minimum Gasteiger partial charge on any atom is -0.455 e. The lowest BCUT2D eigenvalue weighted by Gasteiger charge is -2.29. The van der Waals surface area contributed by atoms with E-state index in [0.717, 1.165) is 23.3 Å². The predicted molar refractivity (Wildman–Crippen MR) is 135 cm³/mol. The molecule has 0 radical (unpaired) electrons. The van der Waals surface area contributed by atoms with Crippen molar-refractivity contribution in [3.63, 3.8) is 0 Å². The standard InChI is InChI=1S/C30H29NO/c1-16(2)13-19-10-12-23-25-24-21(11-8-18(4)28(24)32-29(19)25)27-26(30(23,5)6)22-14-17(3)7-9-20(22)15-31-27/h7-12,14-16H,13H2,1-6H3. The Morgan fingerprint density at radius 3 is 2.53 bits per heavy atom. The van der Waals surface area contributed by atoms with Crippen LogP contribution in [0.2, 0.25) is 0 Å². The number of hydrogen-bond donors (Lipinski definition) is 0. The van der Waals surface area contributed by atoms with Gasteiger partial charge in [-0.25, -0.2) is 0 Å². The van der Waals surface area contributed by atoms with E-state index < -0.39 is 0 Å². The molecule has 2 heterocycles. The number of aryl methyl sites for hydroxylation is 2. The van der Waals surface area contributed by atoms with Gasteiger partial charge < -0.3 is 4.42 Å². The summed E-state index contributed by atoms with van der Waals surface area (Å²) in [5, 5.41) is 5.01. The van der Waals surface area contributed by atoms with Gasteiger partial charge >= 0.3 is 0 Å². The molecular weight excluding hydrogens is 390 g/mol. The first-order chi connectivity index (χ1) is 15.3. The molecule has 0 unspecified atom stereocenters. The molecule has 0 N–H and O–H groups in total. The van der Waals surface area contributed by atoms with Gasteiger partial charge in [-0.15, -0.1) is 0 Å². The van der Waals surface area contributed by atoms with Crippen LogP contribution in [0, 0.1) is 19.8 Å². The molecule has 2 nitrogen and oxygen atoms in total.